The minimum Gasteiger partial charge on any atom is -0.398 e. The van der Waals surface area contributed by atoms with Crippen LogP contribution in [-0.4, -0.2) is 10.1 Å². The zero-order chi connectivity index (χ0) is 12.3. The molecule has 2 rings (SSSR count). The highest BCUT2D eigenvalue weighted by Crippen LogP contribution is 2.29. The second kappa shape index (κ2) is 5.20. The predicted octanol–water partition coefficient (Wildman–Crippen LogP) is 1.71. The van der Waals surface area contributed by atoms with Gasteiger partial charge in [0, 0.05) is 10.6 Å². The van der Waals surface area contributed by atoms with Crippen LogP contribution >= 0.6 is 11.8 Å². The predicted molar refractivity (Wildman–Crippen MR) is 67.3 cm³/mol. The second-order valence-corrected chi connectivity index (χ2v) is 4.60. The molecule has 1 heterocycles. The Morgan fingerprint density at radius 2 is 2.24 bits per heavy atom. The van der Waals surface area contributed by atoms with Crippen LogP contribution in [0.4, 0.5) is 5.69 Å². The van der Waals surface area contributed by atoms with E-state index < -0.39 is 0 Å². The third-order valence-corrected chi connectivity index (χ3v) is 3.40. The van der Waals surface area contributed by atoms with Crippen LogP contribution in [0.15, 0.2) is 27.6 Å². The summed E-state index contributed by atoms with van der Waals surface area (Å²) in [5.41, 5.74) is 13.2. The van der Waals surface area contributed by atoms with Gasteiger partial charge in [-0.2, -0.15) is 4.98 Å². The first kappa shape index (κ1) is 11.9. The van der Waals surface area contributed by atoms with E-state index in [4.69, 9.17) is 16.0 Å². The summed E-state index contributed by atoms with van der Waals surface area (Å²) in [7, 11) is 0. The number of hydrogen-bond acceptors (Lipinski definition) is 6. The van der Waals surface area contributed by atoms with Crippen molar-refractivity contribution in [3.63, 3.8) is 0 Å². The molecule has 90 valence electrons. The van der Waals surface area contributed by atoms with Crippen LogP contribution in [-0.2, 0) is 12.3 Å². The summed E-state index contributed by atoms with van der Waals surface area (Å²) in [4.78, 5) is 5.16. The molecule has 0 fully saturated rings. The number of para-hydroxylation sites is 1. The van der Waals surface area contributed by atoms with Gasteiger partial charge in [-0.25, -0.2) is 0 Å². The summed E-state index contributed by atoms with van der Waals surface area (Å²) in [5.74, 6) is 1.71. The normalized spacial score (nSPS) is 10.7. The van der Waals surface area contributed by atoms with Crippen molar-refractivity contribution in [2.75, 3.05) is 5.73 Å². The molecule has 0 unspecified atom stereocenters. The van der Waals surface area contributed by atoms with Crippen LogP contribution in [0.1, 0.15) is 17.3 Å². The summed E-state index contributed by atoms with van der Waals surface area (Å²) < 4.78 is 4.93. The minimum absolute atomic E-state index is 0.268. The molecular weight excluding hydrogens is 236 g/mol. The van der Waals surface area contributed by atoms with E-state index in [0.29, 0.717) is 17.5 Å². The lowest BCUT2D eigenvalue weighted by molar-refractivity contribution is 0.376. The van der Waals surface area contributed by atoms with E-state index in [1.165, 1.54) is 0 Å². The van der Waals surface area contributed by atoms with Gasteiger partial charge >= 0.3 is 0 Å². The average molecular weight is 250 g/mol. The summed E-state index contributed by atoms with van der Waals surface area (Å²) in [6, 6.07) is 5.95. The monoisotopic (exact) mass is 250 g/mol. The maximum Gasteiger partial charge on any atom is 0.240 e. The molecule has 0 saturated heterocycles. The van der Waals surface area contributed by atoms with Gasteiger partial charge in [0.2, 0.25) is 5.89 Å². The number of benzene rings is 1. The number of aryl methyl sites for hydroxylation is 1. The van der Waals surface area contributed by atoms with Crippen LogP contribution in [0.3, 0.4) is 0 Å². The fraction of sp³-hybridized carbons (Fsp3) is 0.273. The molecule has 0 amide bonds. The Morgan fingerprint density at radius 3 is 2.94 bits per heavy atom. The van der Waals surface area contributed by atoms with Crippen molar-refractivity contribution in [2.45, 2.75) is 24.1 Å². The Balaban J connectivity index is 2.04. The summed E-state index contributed by atoms with van der Waals surface area (Å²) in [5, 5.41) is 3.83. The number of thioether (sulfide) groups is 1. The van der Waals surface area contributed by atoms with E-state index in [0.717, 1.165) is 16.1 Å². The SMILES string of the molecule is Cc1cccc(SCc2noc(CN)n2)c1N. The van der Waals surface area contributed by atoms with Gasteiger partial charge in [0.15, 0.2) is 5.82 Å². The van der Waals surface area contributed by atoms with Crippen LogP contribution in [0.25, 0.3) is 0 Å². The number of nitrogens with zero attached hydrogens (tertiary/aromatic N) is 2. The molecule has 0 radical (unpaired) electrons. The molecule has 0 spiro atoms. The first-order valence-electron chi connectivity index (χ1n) is 5.20. The molecule has 1 aromatic heterocycles. The smallest absolute Gasteiger partial charge is 0.240 e. The van der Waals surface area contributed by atoms with E-state index in [9.17, 15) is 0 Å². The molecule has 0 bridgehead atoms. The van der Waals surface area contributed by atoms with Gasteiger partial charge in [-0.1, -0.05) is 17.3 Å². The van der Waals surface area contributed by atoms with E-state index in [-0.39, 0.29) is 6.54 Å². The van der Waals surface area contributed by atoms with Gasteiger partial charge in [-0.3, -0.25) is 0 Å². The highest BCUT2D eigenvalue weighted by Gasteiger charge is 2.07. The largest absolute Gasteiger partial charge is 0.398 e. The number of nitrogens with two attached hydrogens (primary N) is 2. The van der Waals surface area contributed by atoms with E-state index in [1.54, 1.807) is 11.8 Å². The molecule has 5 nitrogen and oxygen atoms in total. The zero-order valence-electron chi connectivity index (χ0n) is 9.51. The van der Waals surface area contributed by atoms with Crippen LogP contribution in [0.5, 0.6) is 0 Å². The van der Waals surface area contributed by atoms with Crippen LogP contribution in [0.2, 0.25) is 0 Å². The molecule has 0 atom stereocenters. The van der Waals surface area contributed by atoms with Gasteiger partial charge in [0.1, 0.15) is 0 Å². The first-order chi connectivity index (χ1) is 8.20. The molecule has 6 heteroatoms. The lowest BCUT2D eigenvalue weighted by Crippen LogP contribution is -1.96. The van der Waals surface area contributed by atoms with Crippen LogP contribution < -0.4 is 11.5 Å². The van der Waals surface area contributed by atoms with Gasteiger partial charge in [0.25, 0.3) is 0 Å². The summed E-state index contributed by atoms with van der Waals surface area (Å²) in [6.07, 6.45) is 0. The molecular formula is C11H14N4OS. The number of hydrogen-bond donors (Lipinski definition) is 2. The fourth-order valence-corrected chi connectivity index (χ4v) is 2.25. The fourth-order valence-electron chi connectivity index (χ4n) is 1.35. The number of nitrogen functional groups attached to an aromatic ring is 1. The Kier molecular flexibility index (Phi) is 3.65. The molecule has 0 saturated carbocycles. The average Bonchev–Trinajstić information content (AvgIpc) is 2.79. The maximum atomic E-state index is 5.97. The van der Waals surface area contributed by atoms with Crippen molar-refractivity contribution >= 4 is 17.4 Å². The quantitative estimate of drug-likeness (QED) is 0.634. The lowest BCUT2D eigenvalue weighted by Gasteiger charge is -2.05. The maximum absolute atomic E-state index is 5.97. The molecule has 0 aliphatic carbocycles. The topological polar surface area (TPSA) is 91.0 Å². The number of rotatable bonds is 4. The van der Waals surface area contributed by atoms with Crippen molar-refractivity contribution in [1.82, 2.24) is 10.1 Å². The number of anilines is 1. The molecule has 2 aromatic rings. The highest BCUT2D eigenvalue weighted by atomic mass is 32.2. The molecule has 0 aliphatic rings. The van der Waals surface area contributed by atoms with Gasteiger partial charge in [-0.15, -0.1) is 11.8 Å². The van der Waals surface area contributed by atoms with E-state index in [1.807, 2.05) is 25.1 Å². The Hall–Kier alpha value is -1.53. The molecule has 17 heavy (non-hydrogen) atoms. The van der Waals surface area contributed by atoms with Crippen molar-refractivity contribution in [1.29, 1.82) is 0 Å². The van der Waals surface area contributed by atoms with Crippen molar-refractivity contribution in [3.8, 4) is 0 Å². The second-order valence-electron chi connectivity index (χ2n) is 3.58. The van der Waals surface area contributed by atoms with Gasteiger partial charge in [-0.05, 0) is 18.6 Å². The van der Waals surface area contributed by atoms with E-state index >= 15 is 0 Å². The third kappa shape index (κ3) is 2.78. The zero-order valence-corrected chi connectivity index (χ0v) is 10.3. The standard InChI is InChI=1S/C11H14N4OS/c1-7-3-2-4-8(11(7)13)17-6-9-14-10(5-12)16-15-9/h2-4H,5-6,12-13H2,1H3. The van der Waals surface area contributed by atoms with Gasteiger partial charge < -0.3 is 16.0 Å². The van der Waals surface area contributed by atoms with Crippen molar-refractivity contribution in [2.24, 2.45) is 5.73 Å². The molecule has 0 aliphatic heterocycles. The minimum atomic E-state index is 0.268. The summed E-state index contributed by atoms with van der Waals surface area (Å²) >= 11 is 1.59. The Bertz CT molecular complexity index is 512. The first-order valence-corrected chi connectivity index (χ1v) is 6.18. The van der Waals surface area contributed by atoms with Crippen molar-refractivity contribution < 1.29 is 4.52 Å². The van der Waals surface area contributed by atoms with Gasteiger partial charge in [0.05, 0.1) is 12.3 Å². The lowest BCUT2D eigenvalue weighted by atomic mass is 10.2. The number of aromatic nitrogens is 2. The molecule has 1 aromatic carbocycles. The highest BCUT2D eigenvalue weighted by molar-refractivity contribution is 7.98. The third-order valence-electron chi connectivity index (χ3n) is 2.33. The van der Waals surface area contributed by atoms with Crippen LogP contribution in [0, 0.1) is 6.92 Å². The Labute approximate surface area is 104 Å². The summed E-state index contributed by atoms with van der Waals surface area (Å²) in [6.45, 7) is 2.25. The molecule has 4 N–H and O–H groups in total. The Morgan fingerprint density at radius 1 is 1.41 bits per heavy atom. The van der Waals surface area contributed by atoms with Crippen molar-refractivity contribution in [3.05, 3.63) is 35.5 Å². The van der Waals surface area contributed by atoms with E-state index in [2.05, 4.69) is 10.1 Å².